The minimum absolute atomic E-state index is 0.103. The van der Waals surface area contributed by atoms with Crippen LogP contribution in [-0.4, -0.2) is 16.1 Å². The number of fused-ring (bicyclic) bond motifs is 1. The van der Waals surface area contributed by atoms with Crippen molar-refractivity contribution in [1.29, 1.82) is 0 Å². The van der Waals surface area contributed by atoms with Crippen molar-refractivity contribution >= 4 is 22.4 Å². The van der Waals surface area contributed by atoms with Gasteiger partial charge in [0.15, 0.2) is 0 Å². The van der Waals surface area contributed by atoms with Crippen LogP contribution in [0.1, 0.15) is 11.3 Å². The second-order valence-corrected chi connectivity index (χ2v) is 5.08. The molecule has 5 heteroatoms. The third-order valence-electron chi connectivity index (χ3n) is 3.52. The van der Waals surface area contributed by atoms with Crippen molar-refractivity contribution in [1.82, 2.24) is 10.2 Å². The standard InChI is InChI=1S/C17H15N3O2/c1-11-6-2-5-9-14(11)18-16(21)10-15-12-7-3-4-8-13(12)17(22)20-19-15/h2-9H,10H2,1H3,(H,18,21)(H,20,22). The van der Waals surface area contributed by atoms with E-state index in [4.69, 9.17) is 0 Å². The van der Waals surface area contributed by atoms with Crippen molar-refractivity contribution in [2.24, 2.45) is 0 Å². The number of nitrogens with one attached hydrogen (secondary N) is 2. The van der Waals surface area contributed by atoms with Crippen molar-refractivity contribution < 1.29 is 4.79 Å². The Morgan fingerprint density at radius 3 is 2.55 bits per heavy atom. The molecule has 1 amide bonds. The molecule has 3 aromatic rings. The molecule has 0 atom stereocenters. The fourth-order valence-electron chi connectivity index (χ4n) is 2.37. The number of anilines is 1. The molecule has 0 fully saturated rings. The van der Waals surface area contributed by atoms with Gasteiger partial charge in [0.1, 0.15) is 0 Å². The van der Waals surface area contributed by atoms with Crippen LogP contribution in [-0.2, 0) is 11.2 Å². The quantitative estimate of drug-likeness (QED) is 0.778. The van der Waals surface area contributed by atoms with Crippen LogP contribution >= 0.6 is 0 Å². The van der Waals surface area contributed by atoms with E-state index in [1.165, 1.54) is 0 Å². The summed E-state index contributed by atoms with van der Waals surface area (Å²) in [6.45, 7) is 1.93. The minimum Gasteiger partial charge on any atom is -0.326 e. The zero-order valence-electron chi connectivity index (χ0n) is 12.1. The number of nitrogens with zero attached hydrogens (tertiary/aromatic N) is 1. The van der Waals surface area contributed by atoms with Crippen molar-refractivity contribution in [3.05, 3.63) is 70.1 Å². The molecule has 0 unspecified atom stereocenters. The summed E-state index contributed by atoms with van der Waals surface area (Å²) in [6.07, 6.45) is 0.103. The van der Waals surface area contributed by atoms with Gasteiger partial charge in [-0.05, 0) is 24.6 Å². The largest absolute Gasteiger partial charge is 0.326 e. The molecule has 22 heavy (non-hydrogen) atoms. The second kappa shape index (κ2) is 5.81. The Morgan fingerprint density at radius 1 is 1.09 bits per heavy atom. The molecule has 0 saturated carbocycles. The van der Waals surface area contributed by atoms with Gasteiger partial charge in [-0.2, -0.15) is 5.10 Å². The molecule has 0 aliphatic carbocycles. The number of hydrogen-bond acceptors (Lipinski definition) is 3. The molecule has 3 rings (SSSR count). The zero-order chi connectivity index (χ0) is 15.5. The van der Waals surface area contributed by atoms with Crippen molar-refractivity contribution in [2.45, 2.75) is 13.3 Å². The number of aryl methyl sites for hydroxylation is 1. The molecule has 1 heterocycles. The number of aromatic nitrogens is 2. The summed E-state index contributed by atoms with van der Waals surface area (Å²) in [7, 11) is 0. The number of benzene rings is 2. The first-order valence-corrected chi connectivity index (χ1v) is 6.97. The molecule has 5 nitrogen and oxygen atoms in total. The molecule has 2 aromatic carbocycles. The molecule has 0 aliphatic heterocycles. The molecule has 110 valence electrons. The summed E-state index contributed by atoms with van der Waals surface area (Å²) in [4.78, 5) is 24.0. The molecular weight excluding hydrogens is 278 g/mol. The monoisotopic (exact) mass is 293 g/mol. The number of carbonyl (C=O) groups is 1. The van der Waals surface area contributed by atoms with Crippen LogP contribution in [0.25, 0.3) is 10.8 Å². The molecule has 0 saturated heterocycles. The smallest absolute Gasteiger partial charge is 0.272 e. The van der Waals surface area contributed by atoms with Gasteiger partial charge in [-0.25, -0.2) is 5.10 Å². The summed E-state index contributed by atoms with van der Waals surface area (Å²) in [5.41, 5.74) is 2.08. The van der Waals surface area contributed by atoms with Crippen LogP contribution in [0.2, 0.25) is 0 Å². The van der Waals surface area contributed by atoms with Gasteiger partial charge in [-0.3, -0.25) is 9.59 Å². The topological polar surface area (TPSA) is 74.8 Å². The normalized spacial score (nSPS) is 10.6. The third-order valence-corrected chi connectivity index (χ3v) is 3.52. The first kappa shape index (κ1) is 14.0. The van der Waals surface area contributed by atoms with Crippen molar-refractivity contribution in [2.75, 3.05) is 5.32 Å². The molecule has 1 aromatic heterocycles. The number of para-hydroxylation sites is 1. The first-order valence-electron chi connectivity index (χ1n) is 6.97. The van der Waals surface area contributed by atoms with E-state index in [-0.39, 0.29) is 17.9 Å². The fourth-order valence-corrected chi connectivity index (χ4v) is 2.37. The van der Waals surface area contributed by atoms with E-state index in [1.54, 1.807) is 18.2 Å². The Bertz CT molecular complexity index is 900. The molecule has 0 spiro atoms. The first-order chi connectivity index (χ1) is 10.6. The van der Waals surface area contributed by atoms with E-state index in [2.05, 4.69) is 15.5 Å². The lowest BCUT2D eigenvalue weighted by Crippen LogP contribution is -2.18. The van der Waals surface area contributed by atoms with Crippen LogP contribution in [0.3, 0.4) is 0 Å². The van der Waals surface area contributed by atoms with Gasteiger partial charge >= 0.3 is 0 Å². The predicted octanol–water partition coefficient (Wildman–Crippen LogP) is 2.41. The number of rotatable bonds is 3. The number of carbonyl (C=O) groups excluding carboxylic acids is 1. The van der Waals surface area contributed by atoms with Crippen LogP contribution in [0.15, 0.2) is 53.3 Å². The lowest BCUT2D eigenvalue weighted by Gasteiger charge is -2.08. The molecule has 0 radical (unpaired) electrons. The maximum atomic E-state index is 12.2. The van der Waals surface area contributed by atoms with Gasteiger partial charge in [0, 0.05) is 11.1 Å². The van der Waals surface area contributed by atoms with Crippen molar-refractivity contribution in [3.8, 4) is 0 Å². The van der Waals surface area contributed by atoms with Gasteiger partial charge in [0.25, 0.3) is 5.56 Å². The predicted molar refractivity (Wildman–Crippen MR) is 85.9 cm³/mol. The molecule has 0 aliphatic rings. The maximum Gasteiger partial charge on any atom is 0.272 e. The lowest BCUT2D eigenvalue weighted by molar-refractivity contribution is -0.115. The van der Waals surface area contributed by atoms with Crippen molar-refractivity contribution in [3.63, 3.8) is 0 Å². The van der Waals surface area contributed by atoms with E-state index in [9.17, 15) is 9.59 Å². The number of aromatic amines is 1. The maximum absolute atomic E-state index is 12.2. The highest BCUT2D eigenvalue weighted by Gasteiger charge is 2.11. The van der Waals surface area contributed by atoms with E-state index < -0.39 is 0 Å². The second-order valence-electron chi connectivity index (χ2n) is 5.08. The SMILES string of the molecule is Cc1ccccc1NC(=O)Cc1n[nH]c(=O)c2ccccc12. The van der Waals surface area contributed by atoms with Gasteiger partial charge in [0.05, 0.1) is 17.5 Å². The van der Waals surface area contributed by atoms with Gasteiger partial charge in [0.2, 0.25) is 5.91 Å². The van der Waals surface area contributed by atoms with Crippen LogP contribution < -0.4 is 10.9 Å². The van der Waals surface area contributed by atoms with Gasteiger partial charge in [-0.1, -0.05) is 36.4 Å². The van der Waals surface area contributed by atoms with Gasteiger partial charge in [-0.15, -0.1) is 0 Å². The Morgan fingerprint density at radius 2 is 1.77 bits per heavy atom. The highest BCUT2D eigenvalue weighted by molar-refractivity contribution is 5.95. The van der Waals surface area contributed by atoms with E-state index in [0.717, 1.165) is 11.3 Å². The van der Waals surface area contributed by atoms with E-state index in [0.29, 0.717) is 16.5 Å². The Balaban J connectivity index is 1.88. The zero-order valence-corrected chi connectivity index (χ0v) is 12.1. The summed E-state index contributed by atoms with van der Waals surface area (Å²) >= 11 is 0. The minimum atomic E-state index is -0.251. The molecule has 2 N–H and O–H groups in total. The summed E-state index contributed by atoms with van der Waals surface area (Å²) < 4.78 is 0. The fraction of sp³-hybridized carbons (Fsp3) is 0.118. The Hall–Kier alpha value is -2.95. The third kappa shape index (κ3) is 2.74. The average Bonchev–Trinajstić information content (AvgIpc) is 2.53. The number of hydrogen-bond donors (Lipinski definition) is 2. The Labute approximate surface area is 127 Å². The highest BCUT2D eigenvalue weighted by Crippen LogP contribution is 2.16. The highest BCUT2D eigenvalue weighted by atomic mass is 16.1. The number of H-pyrrole nitrogens is 1. The average molecular weight is 293 g/mol. The van der Waals surface area contributed by atoms with E-state index in [1.807, 2.05) is 37.3 Å². The van der Waals surface area contributed by atoms with Crippen LogP contribution in [0.4, 0.5) is 5.69 Å². The van der Waals surface area contributed by atoms with Crippen LogP contribution in [0.5, 0.6) is 0 Å². The molecule has 0 bridgehead atoms. The number of amides is 1. The van der Waals surface area contributed by atoms with Crippen LogP contribution in [0, 0.1) is 6.92 Å². The molecular formula is C17H15N3O2. The lowest BCUT2D eigenvalue weighted by atomic mass is 10.1. The summed E-state index contributed by atoms with van der Waals surface area (Å²) in [5, 5.41) is 10.6. The summed E-state index contributed by atoms with van der Waals surface area (Å²) in [5.74, 6) is -0.168. The summed E-state index contributed by atoms with van der Waals surface area (Å²) in [6, 6.07) is 14.7. The van der Waals surface area contributed by atoms with Gasteiger partial charge < -0.3 is 5.32 Å². The Kier molecular flexibility index (Phi) is 3.70. The van der Waals surface area contributed by atoms with E-state index >= 15 is 0 Å².